The average molecular weight is 271 g/mol. The Morgan fingerprint density at radius 1 is 1.00 bits per heavy atom. The zero-order valence-corrected chi connectivity index (χ0v) is 12.0. The van der Waals surface area contributed by atoms with Gasteiger partial charge in [0.2, 0.25) is 0 Å². The van der Waals surface area contributed by atoms with Crippen molar-refractivity contribution in [2.75, 3.05) is 0 Å². The minimum Gasteiger partial charge on any atom is -0.338 e. The van der Waals surface area contributed by atoms with Crippen LogP contribution in [0.3, 0.4) is 0 Å². The molecule has 1 aromatic heterocycles. The van der Waals surface area contributed by atoms with Crippen molar-refractivity contribution < 1.29 is 0 Å². The van der Waals surface area contributed by atoms with Gasteiger partial charge in [-0.1, -0.05) is 29.3 Å². The Morgan fingerprint density at radius 2 is 1.79 bits per heavy atom. The molecule has 0 aliphatic rings. The van der Waals surface area contributed by atoms with Crippen LogP contribution < -0.4 is 0 Å². The van der Waals surface area contributed by atoms with Gasteiger partial charge in [0, 0.05) is 10.6 Å². The number of hydrogen-bond donors (Lipinski definition) is 1. The van der Waals surface area contributed by atoms with Crippen molar-refractivity contribution in [3.8, 4) is 11.4 Å². The Labute approximate surface area is 117 Å². The Kier molecular flexibility index (Phi) is 2.83. The molecule has 0 amide bonds. The van der Waals surface area contributed by atoms with Crippen LogP contribution in [0.15, 0.2) is 30.3 Å². The molecule has 0 spiro atoms. The molecular weight excluding hydrogens is 256 g/mol. The predicted molar refractivity (Wildman–Crippen MR) is 80.8 cm³/mol. The second kappa shape index (κ2) is 4.39. The van der Waals surface area contributed by atoms with Gasteiger partial charge < -0.3 is 4.98 Å². The van der Waals surface area contributed by atoms with E-state index in [0.29, 0.717) is 0 Å². The van der Waals surface area contributed by atoms with Crippen LogP contribution in [0.25, 0.3) is 22.4 Å². The summed E-state index contributed by atoms with van der Waals surface area (Å²) < 4.78 is 0. The summed E-state index contributed by atoms with van der Waals surface area (Å²) in [7, 11) is 0. The first kappa shape index (κ1) is 12.2. The lowest BCUT2D eigenvalue weighted by Crippen LogP contribution is -1.86. The number of nitrogens with one attached hydrogen (secondary N) is 1. The van der Waals surface area contributed by atoms with Crippen LogP contribution in [0, 0.1) is 20.8 Å². The normalized spacial score (nSPS) is 11.2. The topological polar surface area (TPSA) is 28.7 Å². The van der Waals surface area contributed by atoms with Crippen LogP contribution in [-0.4, -0.2) is 9.97 Å². The molecule has 2 aromatic carbocycles. The van der Waals surface area contributed by atoms with Gasteiger partial charge in [-0.2, -0.15) is 0 Å². The first-order valence-electron chi connectivity index (χ1n) is 6.28. The van der Waals surface area contributed by atoms with Crippen molar-refractivity contribution in [1.29, 1.82) is 0 Å². The summed E-state index contributed by atoms with van der Waals surface area (Å²) in [6, 6.07) is 10.3. The molecule has 0 bridgehead atoms. The number of hydrogen-bond acceptors (Lipinski definition) is 1. The van der Waals surface area contributed by atoms with Gasteiger partial charge in [0.25, 0.3) is 0 Å². The number of aromatic amines is 1. The molecule has 0 saturated carbocycles. The number of aryl methyl sites for hydroxylation is 3. The Balaban J connectivity index is 2.23. The van der Waals surface area contributed by atoms with E-state index >= 15 is 0 Å². The zero-order valence-electron chi connectivity index (χ0n) is 11.2. The molecule has 3 heteroatoms. The summed E-state index contributed by atoms with van der Waals surface area (Å²) in [4.78, 5) is 8.03. The highest BCUT2D eigenvalue weighted by Gasteiger charge is 2.09. The summed E-state index contributed by atoms with van der Waals surface area (Å²) in [5, 5.41) is 0.756. The summed E-state index contributed by atoms with van der Waals surface area (Å²) in [6.07, 6.45) is 0. The van der Waals surface area contributed by atoms with Gasteiger partial charge in [-0.3, -0.25) is 0 Å². The second-order valence-electron chi connectivity index (χ2n) is 5.02. The van der Waals surface area contributed by atoms with Crippen LogP contribution in [-0.2, 0) is 0 Å². The summed E-state index contributed by atoms with van der Waals surface area (Å²) in [5.74, 6) is 0.901. The Bertz CT molecular complexity index is 733. The Morgan fingerprint density at radius 3 is 2.58 bits per heavy atom. The lowest BCUT2D eigenvalue weighted by atomic mass is 10.1. The SMILES string of the molecule is Cc1ccc(C)c(-c2nc3cc(Cl)c(C)cc3[nH]2)c1. The summed E-state index contributed by atoms with van der Waals surface area (Å²) in [6.45, 7) is 6.19. The third-order valence-corrected chi connectivity index (χ3v) is 3.82. The second-order valence-corrected chi connectivity index (χ2v) is 5.43. The number of fused-ring (bicyclic) bond motifs is 1. The molecule has 96 valence electrons. The van der Waals surface area contributed by atoms with E-state index in [2.05, 4.69) is 42.0 Å². The van der Waals surface area contributed by atoms with Gasteiger partial charge in [0.1, 0.15) is 5.82 Å². The maximum absolute atomic E-state index is 6.15. The van der Waals surface area contributed by atoms with Crippen molar-refractivity contribution in [1.82, 2.24) is 9.97 Å². The molecule has 0 aliphatic carbocycles. The minimum absolute atomic E-state index is 0.756. The molecule has 19 heavy (non-hydrogen) atoms. The lowest BCUT2D eigenvalue weighted by Gasteiger charge is -2.03. The molecule has 1 heterocycles. The van der Waals surface area contributed by atoms with Crippen molar-refractivity contribution in [2.24, 2.45) is 0 Å². The molecule has 0 saturated heterocycles. The molecule has 1 N–H and O–H groups in total. The minimum atomic E-state index is 0.756. The summed E-state index contributed by atoms with van der Waals surface area (Å²) in [5.41, 5.74) is 6.59. The van der Waals surface area contributed by atoms with Crippen LogP contribution in [0.5, 0.6) is 0 Å². The number of aromatic nitrogens is 2. The van der Waals surface area contributed by atoms with Crippen LogP contribution in [0.1, 0.15) is 16.7 Å². The number of rotatable bonds is 1. The molecular formula is C16H15ClN2. The predicted octanol–water partition coefficient (Wildman–Crippen LogP) is 4.81. The maximum Gasteiger partial charge on any atom is 0.138 e. The average Bonchev–Trinajstić information content (AvgIpc) is 2.75. The molecule has 3 aromatic rings. The van der Waals surface area contributed by atoms with Crippen molar-refractivity contribution in [2.45, 2.75) is 20.8 Å². The fourth-order valence-corrected chi connectivity index (χ4v) is 2.42. The highest BCUT2D eigenvalue weighted by Crippen LogP contribution is 2.27. The van der Waals surface area contributed by atoms with Crippen molar-refractivity contribution in [3.63, 3.8) is 0 Å². The van der Waals surface area contributed by atoms with Crippen LogP contribution >= 0.6 is 11.6 Å². The van der Waals surface area contributed by atoms with Gasteiger partial charge in [-0.25, -0.2) is 4.98 Å². The van der Waals surface area contributed by atoms with Crippen LogP contribution in [0.4, 0.5) is 0 Å². The first-order chi connectivity index (χ1) is 9.04. The number of nitrogens with zero attached hydrogens (tertiary/aromatic N) is 1. The maximum atomic E-state index is 6.15. The van der Waals surface area contributed by atoms with Crippen LogP contribution in [0.2, 0.25) is 5.02 Å². The molecule has 0 unspecified atom stereocenters. The third kappa shape index (κ3) is 2.13. The monoisotopic (exact) mass is 270 g/mol. The zero-order chi connectivity index (χ0) is 13.6. The van der Waals surface area contributed by atoms with Gasteiger partial charge >= 0.3 is 0 Å². The standard InChI is InChI=1S/C16H15ClN2/c1-9-4-5-10(2)12(6-9)16-18-14-7-11(3)13(17)8-15(14)19-16/h4-8H,1-3H3,(H,18,19). The Hall–Kier alpha value is -1.80. The smallest absolute Gasteiger partial charge is 0.138 e. The largest absolute Gasteiger partial charge is 0.338 e. The van der Waals surface area contributed by atoms with E-state index in [1.807, 2.05) is 19.1 Å². The molecule has 0 atom stereocenters. The quantitative estimate of drug-likeness (QED) is 0.675. The third-order valence-electron chi connectivity index (χ3n) is 3.41. The highest BCUT2D eigenvalue weighted by atomic mass is 35.5. The van der Waals surface area contributed by atoms with E-state index in [1.54, 1.807) is 0 Å². The molecule has 0 radical (unpaired) electrons. The number of benzene rings is 2. The van der Waals surface area contributed by atoms with Gasteiger partial charge in [0.15, 0.2) is 0 Å². The van der Waals surface area contributed by atoms with E-state index in [0.717, 1.165) is 33.0 Å². The molecule has 0 aliphatic heterocycles. The fourth-order valence-electron chi connectivity index (χ4n) is 2.26. The fraction of sp³-hybridized carbons (Fsp3) is 0.188. The van der Waals surface area contributed by atoms with E-state index < -0.39 is 0 Å². The number of imidazole rings is 1. The van der Waals surface area contributed by atoms with E-state index in [9.17, 15) is 0 Å². The van der Waals surface area contributed by atoms with Gasteiger partial charge in [0.05, 0.1) is 11.0 Å². The van der Waals surface area contributed by atoms with E-state index in [1.165, 1.54) is 11.1 Å². The molecule has 2 nitrogen and oxygen atoms in total. The van der Waals surface area contributed by atoms with Crippen molar-refractivity contribution >= 4 is 22.6 Å². The van der Waals surface area contributed by atoms with Gasteiger partial charge in [-0.15, -0.1) is 0 Å². The number of H-pyrrole nitrogens is 1. The summed E-state index contributed by atoms with van der Waals surface area (Å²) >= 11 is 6.15. The van der Waals surface area contributed by atoms with E-state index in [-0.39, 0.29) is 0 Å². The highest BCUT2D eigenvalue weighted by molar-refractivity contribution is 6.32. The van der Waals surface area contributed by atoms with E-state index in [4.69, 9.17) is 11.6 Å². The lowest BCUT2D eigenvalue weighted by molar-refractivity contribution is 1.29. The van der Waals surface area contributed by atoms with Gasteiger partial charge in [-0.05, 0) is 50.1 Å². The van der Waals surface area contributed by atoms with Crippen molar-refractivity contribution in [3.05, 3.63) is 52.0 Å². The first-order valence-corrected chi connectivity index (χ1v) is 6.66. The molecule has 3 rings (SSSR count). The number of halogens is 1. The molecule has 0 fully saturated rings.